The lowest BCUT2D eigenvalue weighted by molar-refractivity contribution is -0.130. The molecule has 3 amide bonds. The second-order valence-electron chi connectivity index (χ2n) is 12.8. The molecule has 5 rings (SSSR count). The zero-order chi connectivity index (χ0) is 30.9. The highest BCUT2D eigenvalue weighted by atomic mass is 32.1. The standard InChI is InChI=1S/C33H41N5O4S/c1-21-9-10-22(24-12-11-23(20-34-24)37-14-16-42-17-15-37)18-25(21)35-31(41)36-26-19-28(32(2,3)4)43-29(26)30(40)38-13-7-8-27(39)33(38,5)6/h9-12,18-20H,7-8,13-17H2,1-6H3,(H2,35,36,41). The van der Waals surface area contributed by atoms with Crippen molar-refractivity contribution in [1.82, 2.24) is 9.88 Å². The third-order valence-electron chi connectivity index (χ3n) is 8.21. The van der Waals surface area contributed by atoms with Crippen molar-refractivity contribution in [2.75, 3.05) is 48.4 Å². The summed E-state index contributed by atoms with van der Waals surface area (Å²) in [6, 6.07) is 11.3. The van der Waals surface area contributed by atoms with Gasteiger partial charge in [0.1, 0.15) is 4.88 Å². The molecule has 0 aliphatic carbocycles. The van der Waals surface area contributed by atoms with E-state index in [9.17, 15) is 14.4 Å². The summed E-state index contributed by atoms with van der Waals surface area (Å²) in [7, 11) is 0. The van der Waals surface area contributed by atoms with Crippen LogP contribution < -0.4 is 15.5 Å². The number of piperidine rings is 1. The molecule has 4 heterocycles. The summed E-state index contributed by atoms with van der Waals surface area (Å²) in [6.07, 6.45) is 2.97. The van der Waals surface area contributed by atoms with Crippen LogP contribution in [0.3, 0.4) is 0 Å². The minimum absolute atomic E-state index is 0.0486. The molecule has 1 aromatic carbocycles. The molecule has 0 radical (unpaired) electrons. The summed E-state index contributed by atoms with van der Waals surface area (Å²) >= 11 is 1.37. The van der Waals surface area contributed by atoms with Crippen molar-refractivity contribution in [3.05, 3.63) is 57.9 Å². The predicted molar refractivity (Wildman–Crippen MR) is 172 cm³/mol. The third kappa shape index (κ3) is 6.60. The zero-order valence-electron chi connectivity index (χ0n) is 25.9. The number of benzene rings is 1. The average Bonchev–Trinajstić information content (AvgIpc) is 3.40. The normalized spacial score (nSPS) is 17.1. The van der Waals surface area contributed by atoms with Crippen molar-refractivity contribution in [3.8, 4) is 11.3 Å². The van der Waals surface area contributed by atoms with Crippen LogP contribution in [0.15, 0.2) is 42.6 Å². The van der Waals surface area contributed by atoms with E-state index in [2.05, 4.69) is 47.4 Å². The van der Waals surface area contributed by atoms with Gasteiger partial charge in [-0.05, 0) is 62.4 Å². The maximum absolute atomic E-state index is 13.8. The molecule has 9 nitrogen and oxygen atoms in total. The van der Waals surface area contributed by atoms with Gasteiger partial charge in [-0.15, -0.1) is 11.3 Å². The fourth-order valence-corrected chi connectivity index (χ4v) is 6.50. The number of rotatable bonds is 5. The number of ketones is 1. The molecular weight excluding hydrogens is 562 g/mol. The second kappa shape index (κ2) is 12.1. The Hall–Kier alpha value is -3.76. The van der Waals surface area contributed by atoms with E-state index >= 15 is 0 Å². The van der Waals surface area contributed by atoms with Gasteiger partial charge in [0.05, 0.1) is 42.0 Å². The number of amides is 3. The van der Waals surface area contributed by atoms with Crippen molar-refractivity contribution >= 4 is 46.1 Å². The Morgan fingerprint density at radius 1 is 1.00 bits per heavy atom. The number of thiophene rings is 1. The molecule has 3 aromatic rings. The van der Waals surface area contributed by atoms with Gasteiger partial charge in [-0.3, -0.25) is 14.6 Å². The first-order chi connectivity index (χ1) is 20.3. The fraction of sp³-hybridized carbons (Fsp3) is 0.455. The second-order valence-corrected chi connectivity index (χ2v) is 13.8. The van der Waals surface area contributed by atoms with Crippen LogP contribution in [0.2, 0.25) is 0 Å². The number of nitrogens with zero attached hydrogens (tertiary/aromatic N) is 3. The van der Waals surface area contributed by atoms with Gasteiger partial charge in [-0.2, -0.15) is 0 Å². The summed E-state index contributed by atoms with van der Waals surface area (Å²) in [5.41, 5.74) is 3.62. The molecule has 0 spiro atoms. The van der Waals surface area contributed by atoms with E-state index in [4.69, 9.17) is 4.74 Å². The van der Waals surface area contributed by atoms with Gasteiger partial charge in [-0.1, -0.05) is 32.9 Å². The van der Waals surface area contributed by atoms with Crippen LogP contribution in [0, 0.1) is 6.92 Å². The van der Waals surface area contributed by atoms with E-state index in [1.807, 2.05) is 43.5 Å². The zero-order valence-corrected chi connectivity index (χ0v) is 26.7. The highest BCUT2D eigenvalue weighted by molar-refractivity contribution is 7.14. The molecule has 0 unspecified atom stereocenters. The molecule has 10 heteroatoms. The number of carbonyl (C=O) groups excluding carboxylic acids is 3. The summed E-state index contributed by atoms with van der Waals surface area (Å²) in [4.78, 5) is 49.8. The number of likely N-dealkylation sites (tertiary alicyclic amines) is 1. The van der Waals surface area contributed by atoms with Crippen molar-refractivity contribution in [3.63, 3.8) is 0 Å². The topological polar surface area (TPSA) is 104 Å². The van der Waals surface area contributed by atoms with Gasteiger partial charge >= 0.3 is 6.03 Å². The van der Waals surface area contributed by atoms with Gasteiger partial charge in [0.15, 0.2) is 5.78 Å². The third-order valence-corrected chi connectivity index (χ3v) is 9.76. The predicted octanol–water partition coefficient (Wildman–Crippen LogP) is 6.48. The summed E-state index contributed by atoms with van der Waals surface area (Å²) in [6.45, 7) is 15.4. The van der Waals surface area contributed by atoms with E-state index < -0.39 is 11.6 Å². The Bertz CT molecular complexity index is 1520. The molecule has 2 aliphatic heterocycles. The maximum atomic E-state index is 13.8. The number of aryl methyl sites for hydroxylation is 1. The SMILES string of the molecule is Cc1ccc(-c2ccc(N3CCOCC3)cn2)cc1NC(=O)Nc1cc(C(C)(C)C)sc1C(=O)N1CCCC(=O)C1(C)C. The Balaban J connectivity index is 1.36. The molecule has 2 aromatic heterocycles. The number of hydrogen-bond donors (Lipinski definition) is 2. The molecule has 0 atom stereocenters. The fourth-order valence-electron chi connectivity index (χ4n) is 5.38. The van der Waals surface area contributed by atoms with Crippen LogP contribution >= 0.6 is 11.3 Å². The van der Waals surface area contributed by atoms with Gasteiger partial charge in [0.25, 0.3) is 5.91 Å². The molecule has 43 heavy (non-hydrogen) atoms. The Kier molecular flexibility index (Phi) is 8.63. The van der Waals surface area contributed by atoms with Gasteiger partial charge in [0, 0.05) is 42.2 Å². The monoisotopic (exact) mass is 603 g/mol. The quantitative estimate of drug-likeness (QED) is 0.346. The lowest BCUT2D eigenvalue weighted by Gasteiger charge is -2.40. The maximum Gasteiger partial charge on any atom is 0.323 e. The van der Waals surface area contributed by atoms with E-state index in [-0.39, 0.29) is 17.1 Å². The Morgan fingerprint density at radius 2 is 1.72 bits per heavy atom. The smallest absolute Gasteiger partial charge is 0.323 e. The molecule has 2 saturated heterocycles. The first-order valence-corrected chi connectivity index (χ1v) is 15.6. The van der Waals surface area contributed by atoms with Gasteiger partial charge in [-0.25, -0.2) is 4.79 Å². The Morgan fingerprint density at radius 3 is 2.40 bits per heavy atom. The minimum Gasteiger partial charge on any atom is -0.378 e. The molecule has 2 fully saturated rings. The van der Waals surface area contributed by atoms with Crippen LogP contribution in [0.25, 0.3) is 11.3 Å². The van der Waals surface area contributed by atoms with Crippen LogP contribution in [0.4, 0.5) is 21.9 Å². The average molecular weight is 604 g/mol. The highest BCUT2D eigenvalue weighted by Crippen LogP contribution is 2.38. The van der Waals surface area contributed by atoms with E-state index in [0.717, 1.165) is 40.5 Å². The number of ether oxygens (including phenoxy) is 1. The number of aromatic nitrogens is 1. The minimum atomic E-state index is -0.896. The van der Waals surface area contributed by atoms with Crippen LogP contribution in [-0.4, -0.2) is 66.0 Å². The van der Waals surface area contributed by atoms with Gasteiger partial charge in [0.2, 0.25) is 0 Å². The number of anilines is 3. The van der Waals surface area contributed by atoms with Crippen molar-refractivity contribution in [1.29, 1.82) is 0 Å². The number of Topliss-reactive ketones (excluding diaryl/α,β-unsaturated/α-hetero) is 1. The lowest BCUT2D eigenvalue weighted by Crippen LogP contribution is -2.56. The lowest BCUT2D eigenvalue weighted by atomic mass is 9.88. The molecule has 2 N–H and O–H groups in total. The van der Waals surface area contributed by atoms with E-state index in [0.29, 0.717) is 48.9 Å². The van der Waals surface area contributed by atoms with E-state index in [1.165, 1.54) is 11.3 Å². The van der Waals surface area contributed by atoms with Crippen LogP contribution in [0.5, 0.6) is 0 Å². The largest absolute Gasteiger partial charge is 0.378 e. The van der Waals surface area contributed by atoms with Crippen molar-refractivity contribution < 1.29 is 19.1 Å². The number of carbonyl (C=O) groups is 3. The van der Waals surface area contributed by atoms with Crippen molar-refractivity contribution in [2.45, 2.75) is 65.3 Å². The first kappa shape index (κ1) is 30.7. The number of morpholine rings is 1. The first-order valence-electron chi connectivity index (χ1n) is 14.8. The van der Waals surface area contributed by atoms with Crippen molar-refractivity contribution in [2.24, 2.45) is 0 Å². The highest BCUT2D eigenvalue weighted by Gasteiger charge is 2.41. The number of urea groups is 1. The number of nitrogens with one attached hydrogen (secondary N) is 2. The number of pyridine rings is 1. The number of hydrogen-bond acceptors (Lipinski definition) is 7. The van der Waals surface area contributed by atoms with E-state index in [1.54, 1.807) is 18.7 Å². The molecule has 228 valence electrons. The Labute approximate surface area is 257 Å². The molecular formula is C33H41N5O4S. The summed E-state index contributed by atoms with van der Waals surface area (Å²) < 4.78 is 5.45. The summed E-state index contributed by atoms with van der Waals surface area (Å²) in [5.74, 6) is -0.189. The van der Waals surface area contributed by atoms with Crippen LogP contribution in [0.1, 0.15) is 67.6 Å². The summed E-state index contributed by atoms with van der Waals surface area (Å²) in [5, 5.41) is 5.91. The molecule has 2 aliphatic rings. The molecule has 0 bridgehead atoms. The van der Waals surface area contributed by atoms with Gasteiger partial charge < -0.3 is 25.2 Å². The van der Waals surface area contributed by atoms with Crippen LogP contribution in [-0.2, 0) is 14.9 Å². The molecule has 0 saturated carbocycles.